The molecule has 138 valence electrons. The molecule has 24 heavy (non-hydrogen) atoms. The van der Waals surface area contributed by atoms with Crippen molar-refractivity contribution in [1.29, 1.82) is 0 Å². The summed E-state index contributed by atoms with van der Waals surface area (Å²) in [4.78, 5) is 4.69. The highest BCUT2D eigenvalue weighted by molar-refractivity contribution is 14.0. The van der Waals surface area contributed by atoms with Crippen molar-refractivity contribution in [2.45, 2.75) is 71.7 Å². The number of halogens is 1. The minimum absolute atomic E-state index is 0. The molecule has 0 aromatic carbocycles. The Hall–Kier alpha value is -0.900. The number of aromatic nitrogens is 3. The number of hydrogen-bond donors (Lipinski definition) is 2. The van der Waals surface area contributed by atoms with E-state index in [0.29, 0.717) is 12.6 Å². The van der Waals surface area contributed by atoms with E-state index >= 15 is 0 Å². The van der Waals surface area contributed by atoms with Crippen LogP contribution >= 0.6 is 24.0 Å². The fourth-order valence-electron chi connectivity index (χ4n) is 2.72. The van der Waals surface area contributed by atoms with Crippen LogP contribution in [0.1, 0.15) is 46.4 Å². The van der Waals surface area contributed by atoms with Gasteiger partial charge < -0.3 is 19.9 Å². The summed E-state index contributed by atoms with van der Waals surface area (Å²) in [6.07, 6.45) is 5.19. The van der Waals surface area contributed by atoms with E-state index in [0.717, 1.165) is 44.2 Å². The van der Waals surface area contributed by atoms with E-state index in [1.165, 1.54) is 0 Å². The van der Waals surface area contributed by atoms with Crippen molar-refractivity contribution in [3.63, 3.8) is 0 Å². The van der Waals surface area contributed by atoms with E-state index in [1.54, 1.807) is 6.33 Å². The lowest BCUT2D eigenvalue weighted by atomic mass is 10.1. The molecule has 2 heterocycles. The fourth-order valence-corrected chi connectivity index (χ4v) is 2.72. The van der Waals surface area contributed by atoms with Crippen LogP contribution in [0.15, 0.2) is 11.3 Å². The molecule has 7 nitrogen and oxygen atoms in total. The largest absolute Gasteiger partial charge is 0.376 e. The molecule has 0 radical (unpaired) electrons. The summed E-state index contributed by atoms with van der Waals surface area (Å²) < 4.78 is 7.80. The molecule has 1 fully saturated rings. The zero-order valence-electron chi connectivity index (χ0n) is 15.2. The van der Waals surface area contributed by atoms with Gasteiger partial charge in [-0.1, -0.05) is 6.92 Å². The number of rotatable bonds is 7. The molecule has 2 N–H and O–H groups in total. The third kappa shape index (κ3) is 6.54. The van der Waals surface area contributed by atoms with Crippen LogP contribution in [0, 0.1) is 0 Å². The standard InChI is InChI=1S/C16H30N6O.HI/c1-5-15-21-18-11-22(15)9-8-17-16(19-12(2)3)20-13(4)14-7-6-10-23-14;/h11-14H,5-10H2,1-4H3,(H2,17,19,20);1H. The van der Waals surface area contributed by atoms with Gasteiger partial charge in [-0.25, -0.2) is 0 Å². The Labute approximate surface area is 162 Å². The average molecular weight is 450 g/mol. The Bertz CT molecular complexity index is 499. The lowest BCUT2D eigenvalue weighted by Gasteiger charge is -2.24. The van der Waals surface area contributed by atoms with Crippen LogP contribution in [0.2, 0.25) is 0 Å². The van der Waals surface area contributed by atoms with Gasteiger partial charge in [0.15, 0.2) is 5.96 Å². The Morgan fingerprint density at radius 1 is 1.42 bits per heavy atom. The van der Waals surface area contributed by atoms with Crippen molar-refractivity contribution >= 4 is 29.9 Å². The van der Waals surface area contributed by atoms with Gasteiger partial charge in [-0.2, -0.15) is 0 Å². The second-order valence-corrected chi connectivity index (χ2v) is 6.31. The normalized spacial score (nSPS) is 19.2. The average Bonchev–Trinajstić information content (AvgIpc) is 3.17. The molecule has 1 aromatic heterocycles. The summed E-state index contributed by atoms with van der Waals surface area (Å²) in [5.74, 6) is 1.84. The van der Waals surface area contributed by atoms with Gasteiger partial charge in [-0.05, 0) is 33.6 Å². The van der Waals surface area contributed by atoms with Gasteiger partial charge in [0.05, 0.1) is 18.7 Å². The lowest BCUT2D eigenvalue weighted by Crippen LogP contribution is -2.49. The molecule has 2 unspecified atom stereocenters. The summed E-state index contributed by atoms with van der Waals surface area (Å²) >= 11 is 0. The zero-order valence-corrected chi connectivity index (χ0v) is 17.5. The smallest absolute Gasteiger partial charge is 0.191 e. The SMILES string of the molecule is CCc1nncn1CCN=C(NC(C)C)NC(C)C1CCCO1.I. The minimum atomic E-state index is 0. The highest BCUT2D eigenvalue weighted by Gasteiger charge is 2.23. The number of aryl methyl sites for hydroxylation is 1. The molecule has 0 aliphatic carbocycles. The van der Waals surface area contributed by atoms with E-state index in [4.69, 9.17) is 4.74 Å². The van der Waals surface area contributed by atoms with Crippen molar-refractivity contribution in [1.82, 2.24) is 25.4 Å². The first-order chi connectivity index (χ1) is 11.1. The Balaban J connectivity index is 0.00000288. The summed E-state index contributed by atoms with van der Waals surface area (Å²) in [7, 11) is 0. The van der Waals surface area contributed by atoms with Crippen LogP contribution in [0.5, 0.6) is 0 Å². The number of nitrogens with one attached hydrogen (secondary N) is 2. The number of ether oxygens (including phenoxy) is 1. The number of guanidine groups is 1. The second kappa shape index (κ2) is 10.9. The van der Waals surface area contributed by atoms with Gasteiger partial charge in [0, 0.05) is 25.6 Å². The highest BCUT2D eigenvalue weighted by atomic mass is 127. The molecule has 0 spiro atoms. The van der Waals surface area contributed by atoms with Gasteiger partial charge >= 0.3 is 0 Å². The quantitative estimate of drug-likeness (QED) is 0.378. The van der Waals surface area contributed by atoms with E-state index in [-0.39, 0.29) is 36.1 Å². The van der Waals surface area contributed by atoms with Crippen molar-refractivity contribution in [3.05, 3.63) is 12.2 Å². The summed E-state index contributed by atoms with van der Waals surface area (Å²) in [6, 6.07) is 0.586. The Kier molecular flexibility index (Phi) is 9.57. The number of aliphatic imine (C=N–C) groups is 1. The van der Waals surface area contributed by atoms with Crippen molar-refractivity contribution in [2.75, 3.05) is 13.2 Å². The number of nitrogens with zero attached hydrogens (tertiary/aromatic N) is 4. The van der Waals surface area contributed by atoms with E-state index in [9.17, 15) is 0 Å². The van der Waals surface area contributed by atoms with Gasteiger partial charge in [0.1, 0.15) is 12.2 Å². The maximum absolute atomic E-state index is 5.75. The van der Waals surface area contributed by atoms with Gasteiger partial charge in [-0.3, -0.25) is 4.99 Å². The highest BCUT2D eigenvalue weighted by Crippen LogP contribution is 2.15. The predicted octanol–water partition coefficient (Wildman–Crippen LogP) is 1.97. The topological polar surface area (TPSA) is 76.4 Å². The molecule has 0 bridgehead atoms. The second-order valence-electron chi connectivity index (χ2n) is 6.31. The molecule has 2 rings (SSSR count). The van der Waals surface area contributed by atoms with Gasteiger partial charge in [0.25, 0.3) is 0 Å². The van der Waals surface area contributed by atoms with Crippen LogP contribution in [0.4, 0.5) is 0 Å². The first-order valence-corrected chi connectivity index (χ1v) is 8.66. The molecule has 1 saturated heterocycles. The molecule has 0 amide bonds. The van der Waals surface area contributed by atoms with Crippen LogP contribution in [-0.4, -0.2) is 52.1 Å². The van der Waals surface area contributed by atoms with Crippen molar-refractivity contribution < 1.29 is 4.74 Å². The first kappa shape index (κ1) is 21.1. The fraction of sp³-hybridized carbons (Fsp3) is 0.812. The number of hydrogen-bond acceptors (Lipinski definition) is 4. The molecular formula is C16H31IN6O. The van der Waals surface area contributed by atoms with Crippen LogP contribution in [0.3, 0.4) is 0 Å². The summed E-state index contributed by atoms with van der Waals surface area (Å²) in [5, 5.41) is 14.9. The zero-order chi connectivity index (χ0) is 16.7. The van der Waals surface area contributed by atoms with Crippen molar-refractivity contribution in [2.24, 2.45) is 4.99 Å². The van der Waals surface area contributed by atoms with Crippen LogP contribution in [0.25, 0.3) is 0 Å². The Morgan fingerprint density at radius 3 is 2.83 bits per heavy atom. The predicted molar refractivity (Wildman–Crippen MR) is 107 cm³/mol. The van der Waals surface area contributed by atoms with Crippen LogP contribution < -0.4 is 10.6 Å². The third-order valence-corrected chi connectivity index (χ3v) is 3.94. The molecule has 8 heteroatoms. The molecule has 2 atom stereocenters. The maximum atomic E-state index is 5.75. The third-order valence-electron chi connectivity index (χ3n) is 3.94. The monoisotopic (exact) mass is 450 g/mol. The van der Waals surface area contributed by atoms with Crippen molar-refractivity contribution in [3.8, 4) is 0 Å². The van der Waals surface area contributed by atoms with E-state index in [2.05, 4.69) is 58.1 Å². The van der Waals surface area contributed by atoms with E-state index in [1.807, 2.05) is 0 Å². The molecular weight excluding hydrogens is 419 g/mol. The Morgan fingerprint density at radius 2 is 2.21 bits per heavy atom. The first-order valence-electron chi connectivity index (χ1n) is 8.66. The maximum Gasteiger partial charge on any atom is 0.191 e. The molecule has 1 aliphatic rings. The van der Waals surface area contributed by atoms with Gasteiger partial charge in [-0.15, -0.1) is 34.2 Å². The molecule has 1 aromatic rings. The van der Waals surface area contributed by atoms with Gasteiger partial charge in [0.2, 0.25) is 0 Å². The lowest BCUT2D eigenvalue weighted by molar-refractivity contribution is 0.0890. The van der Waals surface area contributed by atoms with E-state index < -0.39 is 0 Å². The summed E-state index contributed by atoms with van der Waals surface area (Å²) in [6.45, 7) is 10.8. The molecule has 1 aliphatic heterocycles. The summed E-state index contributed by atoms with van der Waals surface area (Å²) in [5.41, 5.74) is 0. The molecule has 0 saturated carbocycles. The minimum Gasteiger partial charge on any atom is -0.376 e. The van der Waals surface area contributed by atoms with Crippen LogP contribution in [-0.2, 0) is 17.7 Å².